The maximum absolute atomic E-state index is 6.27. The Morgan fingerprint density at radius 1 is 0.481 bits per heavy atom. The molecule has 0 aliphatic rings. The van der Waals surface area contributed by atoms with Crippen molar-refractivity contribution < 1.29 is 9.47 Å². The smallest absolute Gasteiger partial charge is 0.136 e. The van der Waals surface area contributed by atoms with Gasteiger partial charge in [-0.05, 0) is 35.4 Å². The van der Waals surface area contributed by atoms with Crippen LogP contribution in [0.2, 0.25) is 0 Å². The second kappa shape index (κ2) is 7.79. The Balaban J connectivity index is 1.97. The average molecular weight is 352 g/mol. The molecule has 0 atom stereocenters. The fourth-order valence-electron chi connectivity index (χ4n) is 3.22. The van der Waals surface area contributed by atoms with E-state index in [4.69, 9.17) is 9.47 Å². The predicted molar refractivity (Wildman–Crippen MR) is 110 cm³/mol. The molecule has 4 aromatic carbocycles. The summed E-state index contributed by atoms with van der Waals surface area (Å²) in [4.78, 5) is 0. The van der Waals surface area contributed by atoms with Gasteiger partial charge in [0.25, 0.3) is 0 Å². The van der Waals surface area contributed by atoms with Crippen molar-refractivity contribution in [2.75, 3.05) is 7.11 Å². The summed E-state index contributed by atoms with van der Waals surface area (Å²) in [6.07, 6.45) is 0. The maximum Gasteiger partial charge on any atom is 0.136 e. The van der Waals surface area contributed by atoms with Crippen LogP contribution < -0.4 is 9.47 Å². The highest BCUT2D eigenvalue weighted by Crippen LogP contribution is 2.45. The number of rotatable bonds is 5. The van der Waals surface area contributed by atoms with Crippen LogP contribution in [0.5, 0.6) is 17.2 Å². The van der Waals surface area contributed by atoms with Crippen molar-refractivity contribution in [3.63, 3.8) is 0 Å². The molecule has 0 heterocycles. The molecule has 132 valence electrons. The summed E-state index contributed by atoms with van der Waals surface area (Å²) in [5.74, 6) is 2.42. The van der Waals surface area contributed by atoms with Gasteiger partial charge in [0.1, 0.15) is 17.2 Å². The largest absolute Gasteiger partial charge is 0.496 e. The van der Waals surface area contributed by atoms with Crippen LogP contribution in [0, 0.1) is 0 Å². The van der Waals surface area contributed by atoms with Gasteiger partial charge in [0.2, 0.25) is 0 Å². The molecule has 2 heteroatoms. The second-order valence-electron chi connectivity index (χ2n) is 6.16. The van der Waals surface area contributed by atoms with E-state index in [9.17, 15) is 0 Å². The highest BCUT2D eigenvalue weighted by Gasteiger charge is 2.19. The van der Waals surface area contributed by atoms with Crippen molar-refractivity contribution in [3.8, 4) is 39.5 Å². The van der Waals surface area contributed by atoms with Gasteiger partial charge in [-0.3, -0.25) is 0 Å². The van der Waals surface area contributed by atoms with Gasteiger partial charge >= 0.3 is 0 Å². The first-order valence-electron chi connectivity index (χ1n) is 8.91. The molecule has 0 N–H and O–H groups in total. The number of hydrogen-bond acceptors (Lipinski definition) is 2. The predicted octanol–water partition coefficient (Wildman–Crippen LogP) is 6.82. The lowest BCUT2D eigenvalue weighted by Gasteiger charge is -2.19. The zero-order chi connectivity index (χ0) is 18.5. The minimum absolute atomic E-state index is 0.798. The molecule has 0 saturated heterocycles. The zero-order valence-electron chi connectivity index (χ0n) is 15.1. The Kier molecular flexibility index (Phi) is 4.88. The van der Waals surface area contributed by atoms with E-state index in [-0.39, 0.29) is 0 Å². The van der Waals surface area contributed by atoms with Crippen LogP contribution in [-0.2, 0) is 0 Å². The fraction of sp³-hybridized carbons (Fsp3) is 0.0400. The van der Waals surface area contributed by atoms with Gasteiger partial charge in [-0.15, -0.1) is 0 Å². The molecule has 2 nitrogen and oxygen atoms in total. The molecule has 0 bridgehead atoms. The number of ether oxygens (including phenoxy) is 2. The molecule has 0 spiro atoms. The topological polar surface area (TPSA) is 18.5 Å². The van der Waals surface area contributed by atoms with Gasteiger partial charge in [0, 0.05) is 11.1 Å². The first kappa shape index (κ1) is 16.9. The lowest BCUT2D eigenvalue weighted by Crippen LogP contribution is -1.95. The highest BCUT2D eigenvalue weighted by atomic mass is 16.5. The molecular weight excluding hydrogens is 332 g/mol. The van der Waals surface area contributed by atoms with E-state index >= 15 is 0 Å². The summed E-state index contributed by atoms with van der Waals surface area (Å²) in [6.45, 7) is 0. The van der Waals surface area contributed by atoms with Crippen molar-refractivity contribution in [1.29, 1.82) is 0 Å². The minimum Gasteiger partial charge on any atom is -0.496 e. The Labute approximate surface area is 159 Å². The molecule has 0 unspecified atom stereocenters. The Morgan fingerprint density at radius 2 is 0.926 bits per heavy atom. The summed E-state index contributed by atoms with van der Waals surface area (Å²) in [7, 11) is 1.70. The van der Waals surface area contributed by atoms with Gasteiger partial charge in [0.05, 0.1) is 7.11 Å². The van der Waals surface area contributed by atoms with Crippen molar-refractivity contribution >= 4 is 0 Å². The molecular formula is C25H20O2. The summed E-state index contributed by atoms with van der Waals surface area (Å²) in [5, 5.41) is 0. The molecule has 0 aliphatic heterocycles. The molecule has 0 aliphatic carbocycles. The van der Waals surface area contributed by atoms with Crippen LogP contribution in [0.1, 0.15) is 0 Å². The minimum atomic E-state index is 0.798. The molecule has 0 aromatic heterocycles. The van der Waals surface area contributed by atoms with Gasteiger partial charge in [-0.1, -0.05) is 78.9 Å². The number of para-hydroxylation sites is 1. The number of methoxy groups -OCH3 is 1. The lowest BCUT2D eigenvalue weighted by atomic mass is 9.92. The normalized spacial score (nSPS) is 10.4. The third-order valence-electron chi connectivity index (χ3n) is 4.44. The standard InChI is InChI=1S/C25H20O2/c1-26-22-17-18-23(27-21-15-9-4-10-16-21)25(20-13-7-3-8-14-20)24(22)19-11-5-2-6-12-19/h2-18H,1H3. The molecule has 4 rings (SSSR count). The lowest BCUT2D eigenvalue weighted by molar-refractivity contribution is 0.415. The molecule has 0 amide bonds. The summed E-state index contributed by atoms with van der Waals surface area (Å²) >= 11 is 0. The van der Waals surface area contributed by atoms with Gasteiger partial charge in [0.15, 0.2) is 0 Å². The Bertz CT molecular complexity index is 1010. The highest BCUT2D eigenvalue weighted by molar-refractivity contribution is 5.91. The van der Waals surface area contributed by atoms with Gasteiger partial charge in [-0.2, -0.15) is 0 Å². The van der Waals surface area contributed by atoms with E-state index < -0.39 is 0 Å². The Morgan fingerprint density at radius 3 is 1.44 bits per heavy atom. The first-order chi connectivity index (χ1) is 13.4. The van der Waals surface area contributed by atoms with E-state index in [1.807, 2.05) is 78.9 Å². The molecule has 0 saturated carbocycles. The third kappa shape index (κ3) is 3.56. The third-order valence-corrected chi connectivity index (χ3v) is 4.44. The van der Waals surface area contributed by atoms with E-state index in [0.29, 0.717) is 0 Å². The molecule has 4 aromatic rings. The van der Waals surface area contributed by atoms with Crippen molar-refractivity contribution in [2.45, 2.75) is 0 Å². The van der Waals surface area contributed by atoms with Crippen LogP contribution in [0.3, 0.4) is 0 Å². The summed E-state index contributed by atoms with van der Waals surface area (Å²) in [6, 6.07) is 34.3. The van der Waals surface area contributed by atoms with Crippen molar-refractivity contribution in [3.05, 3.63) is 103 Å². The summed E-state index contributed by atoms with van der Waals surface area (Å²) < 4.78 is 12.0. The van der Waals surface area contributed by atoms with Crippen molar-refractivity contribution in [2.24, 2.45) is 0 Å². The van der Waals surface area contributed by atoms with E-state index in [2.05, 4.69) is 24.3 Å². The molecule has 0 radical (unpaired) electrons. The van der Waals surface area contributed by atoms with Gasteiger partial charge in [-0.25, -0.2) is 0 Å². The van der Waals surface area contributed by atoms with Crippen molar-refractivity contribution in [1.82, 2.24) is 0 Å². The summed E-state index contributed by atoms with van der Waals surface area (Å²) in [5.41, 5.74) is 4.22. The van der Waals surface area contributed by atoms with Crippen LogP contribution in [0.15, 0.2) is 103 Å². The monoisotopic (exact) mass is 352 g/mol. The van der Waals surface area contributed by atoms with E-state index in [1.165, 1.54) is 0 Å². The average Bonchev–Trinajstić information content (AvgIpc) is 2.75. The molecule has 0 fully saturated rings. The maximum atomic E-state index is 6.27. The fourth-order valence-corrected chi connectivity index (χ4v) is 3.22. The quantitative estimate of drug-likeness (QED) is 0.392. The Hall–Kier alpha value is -3.52. The SMILES string of the molecule is COc1ccc(Oc2ccccc2)c(-c2ccccc2)c1-c1ccccc1. The van der Waals surface area contributed by atoms with Crippen LogP contribution in [-0.4, -0.2) is 7.11 Å². The van der Waals surface area contributed by atoms with E-state index in [1.54, 1.807) is 7.11 Å². The number of benzene rings is 4. The first-order valence-corrected chi connectivity index (χ1v) is 8.91. The van der Waals surface area contributed by atoms with Gasteiger partial charge < -0.3 is 9.47 Å². The number of hydrogen-bond donors (Lipinski definition) is 0. The van der Waals surface area contributed by atoms with E-state index in [0.717, 1.165) is 39.5 Å². The van der Waals surface area contributed by atoms with Crippen LogP contribution in [0.4, 0.5) is 0 Å². The second-order valence-corrected chi connectivity index (χ2v) is 6.16. The zero-order valence-corrected chi connectivity index (χ0v) is 15.1. The van der Waals surface area contributed by atoms with Crippen LogP contribution in [0.25, 0.3) is 22.3 Å². The molecule has 27 heavy (non-hydrogen) atoms. The van der Waals surface area contributed by atoms with Crippen LogP contribution >= 0.6 is 0 Å².